The summed E-state index contributed by atoms with van der Waals surface area (Å²) in [7, 11) is 0. The van der Waals surface area contributed by atoms with Gasteiger partial charge in [-0.2, -0.15) is 5.26 Å². The smallest absolute Gasteiger partial charge is 0.155 e. The van der Waals surface area contributed by atoms with Crippen molar-refractivity contribution in [1.29, 1.82) is 5.26 Å². The first-order valence-corrected chi connectivity index (χ1v) is 10.8. The van der Waals surface area contributed by atoms with E-state index < -0.39 is 0 Å². The maximum absolute atomic E-state index is 12.0. The molecule has 0 aromatic rings. The Bertz CT molecular complexity index is 720. The summed E-state index contributed by atoms with van der Waals surface area (Å²) in [6.45, 7) is 4.83. The van der Waals surface area contributed by atoms with Crippen molar-refractivity contribution in [1.82, 2.24) is 0 Å². The lowest BCUT2D eigenvalue weighted by molar-refractivity contribution is -0.117. The lowest BCUT2D eigenvalue weighted by Gasteiger charge is -2.58. The molecule has 5 aliphatic carbocycles. The zero-order valence-corrected chi connectivity index (χ0v) is 16.1. The highest BCUT2D eigenvalue weighted by Gasteiger charge is 2.75. The topological polar surface area (TPSA) is 61.1 Å². The average Bonchev–Trinajstić information content (AvgIpc) is 3.38. The largest absolute Gasteiger partial charge is 0.396 e. The Balaban J connectivity index is 1.55. The van der Waals surface area contributed by atoms with Crippen LogP contribution in [0.1, 0.15) is 58.8 Å². The molecule has 3 nitrogen and oxygen atoms in total. The fraction of sp³-hybridized carbons (Fsp3) is 0.826. The maximum Gasteiger partial charge on any atom is 0.155 e. The number of aliphatic hydroxyl groups excluding tert-OH is 1. The number of carbonyl (C=O) groups is 1. The zero-order chi connectivity index (χ0) is 18.3. The van der Waals surface area contributed by atoms with Crippen molar-refractivity contribution in [2.24, 2.45) is 52.3 Å². The fourth-order valence-electron chi connectivity index (χ4n) is 8.63. The van der Waals surface area contributed by atoms with Crippen molar-refractivity contribution in [3.63, 3.8) is 0 Å². The SMILES string of the molecule is CC[C@]1(C#N)C2CC2C2C3CC(CO)C4=CC(=O)CCC4[C@H]3CCC21C. The summed E-state index contributed by atoms with van der Waals surface area (Å²) in [6.07, 6.45) is 9.20. The normalized spacial score (nSPS) is 54.3. The van der Waals surface area contributed by atoms with E-state index in [4.69, 9.17) is 0 Å². The molecule has 4 saturated carbocycles. The lowest BCUT2D eigenvalue weighted by atomic mass is 9.46. The number of nitrogens with zero attached hydrogens (tertiary/aromatic N) is 1. The van der Waals surface area contributed by atoms with E-state index in [1.54, 1.807) is 0 Å². The Morgan fingerprint density at radius 2 is 2.08 bits per heavy atom. The molecular formula is C23H31NO2. The highest BCUT2D eigenvalue weighted by molar-refractivity contribution is 5.91. The van der Waals surface area contributed by atoms with Crippen LogP contribution in [0.3, 0.4) is 0 Å². The summed E-state index contributed by atoms with van der Waals surface area (Å²) in [5.74, 6) is 4.24. The van der Waals surface area contributed by atoms with E-state index in [9.17, 15) is 15.2 Å². The van der Waals surface area contributed by atoms with Gasteiger partial charge in [-0.05, 0) is 85.5 Å². The van der Waals surface area contributed by atoms with E-state index in [-0.39, 0.29) is 29.1 Å². The second-order valence-electron chi connectivity index (χ2n) is 10.1. The van der Waals surface area contributed by atoms with Gasteiger partial charge in [-0.25, -0.2) is 0 Å². The Kier molecular flexibility index (Phi) is 3.56. The molecule has 0 aromatic carbocycles. The summed E-state index contributed by atoms with van der Waals surface area (Å²) in [5.41, 5.74) is 1.29. The molecule has 0 aliphatic heterocycles. The molecule has 0 bridgehead atoms. The molecule has 7 unspecified atom stereocenters. The Labute approximate surface area is 156 Å². The number of aliphatic hydroxyl groups is 1. The van der Waals surface area contributed by atoms with Gasteiger partial charge in [-0.1, -0.05) is 19.4 Å². The van der Waals surface area contributed by atoms with Crippen molar-refractivity contribution in [3.05, 3.63) is 11.6 Å². The minimum atomic E-state index is -0.124. The molecule has 5 rings (SSSR count). The van der Waals surface area contributed by atoms with Crippen LogP contribution < -0.4 is 0 Å². The molecule has 9 atom stereocenters. The van der Waals surface area contributed by atoms with Gasteiger partial charge in [0.25, 0.3) is 0 Å². The zero-order valence-electron chi connectivity index (χ0n) is 16.1. The number of hydrogen-bond acceptors (Lipinski definition) is 3. The standard InChI is InChI=1S/C23H31NO2/c1-3-23(12-24)20-10-19(20)21-18-8-13(11-25)17-9-14(26)4-5-15(17)16(18)6-7-22(21,23)2/h9,13,15-16,18-21,25H,3-8,10-11H2,1-2H3/t13?,15?,16-,18?,19?,20?,21?,22?,23+/m1/s1. The minimum Gasteiger partial charge on any atom is -0.396 e. The first kappa shape index (κ1) is 17.0. The predicted octanol–water partition coefficient (Wildman–Crippen LogP) is 4.12. The van der Waals surface area contributed by atoms with E-state index in [0.717, 1.165) is 25.2 Å². The number of nitriles is 1. The first-order chi connectivity index (χ1) is 12.5. The molecule has 0 spiro atoms. The van der Waals surface area contributed by atoms with Gasteiger partial charge in [0.15, 0.2) is 5.78 Å². The van der Waals surface area contributed by atoms with Gasteiger partial charge < -0.3 is 5.11 Å². The minimum absolute atomic E-state index is 0.124. The van der Waals surface area contributed by atoms with Gasteiger partial charge in [0, 0.05) is 18.9 Å². The van der Waals surface area contributed by atoms with Crippen molar-refractivity contribution in [2.75, 3.05) is 6.61 Å². The third-order valence-electron chi connectivity index (χ3n) is 9.68. The Morgan fingerprint density at radius 1 is 1.27 bits per heavy atom. The van der Waals surface area contributed by atoms with Gasteiger partial charge in [0.1, 0.15) is 0 Å². The second kappa shape index (κ2) is 5.44. The molecule has 1 N–H and O–H groups in total. The molecule has 26 heavy (non-hydrogen) atoms. The van der Waals surface area contributed by atoms with Gasteiger partial charge in [-0.15, -0.1) is 0 Å². The molecule has 0 aromatic heterocycles. The third-order valence-corrected chi connectivity index (χ3v) is 9.68. The molecule has 4 fully saturated rings. The molecule has 0 radical (unpaired) electrons. The summed E-state index contributed by atoms with van der Waals surface area (Å²) in [4.78, 5) is 12.0. The van der Waals surface area contributed by atoms with E-state index in [2.05, 4.69) is 19.9 Å². The van der Waals surface area contributed by atoms with E-state index in [0.29, 0.717) is 36.0 Å². The average molecular weight is 354 g/mol. The molecule has 0 amide bonds. The summed E-state index contributed by atoms with van der Waals surface area (Å²) < 4.78 is 0. The Morgan fingerprint density at radius 3 is 2.77 bits per heavy atom. The van der Waals surface area contributed by atoms with Crippen LogP contribution >= 0.6 is 0 Å². The first-order valence-electron chi connectivity index (χ1n) is 10.8. The molecular weight excluding hydrogens is 322 g/mol. The van der Waals surface area contributed by atoms with Crippen LogP contribution in [0.25, 0.3) is 0 Å². The van der Waals surface area contributed by atoms with Crippen LogP contribution in [0.4, 0.5) is 0 Å². The van der Waals surface area contributed by atoms with Gasteiger partial charge in [0.2, 0.25) is 0 Å². The van der Waals surface area contributed by atoms with Crippen LogP contribution in [0, 0.1) is 63.6 Å². The van der Waals surface area contributed by atoms with E-state index in [1.807, 2.05) is 6.08 Å². The quantitative estimate of drug-likeness (QED) is 0.812. The van der Waals surface area contributed by atoms with Crippen molar-refractivity contribution in [2.45, 2.75) is 58.8 Å². The summed E-state index contributed by atoms with van der Waals surface area (Å²) in [6, 6.07) is 2.84. The third kappa shape index (κ3) is 1.85. The fourth-order valence-corrected chi connectivity index (χ4v) is 8.63. The molecule has 3 heteroatoms. The lowest BCUT2D eigenvalue weighted by Crippen LogP contribution is -2.53. The van der Waals surface area contributed by atoms with Crippen molar-refractivity contribution < 1.29 is 9.90 Å². The van der Waals surface area contributed by atoms with Crippen LogP contribution in [0.15, 0.2) is 11.6 Å². The maximum atomic E-state index is 12.0. The predicted molar refractivity (Wildman–Crippen MR) is 98.8 cm³/mol. The van der Waals surface area contributed by atoms with Crippen LogP contribution in [0.5, 0.6) is 0 Å². The summed E-state index contributed by atoms with van der Waals surface area (Å²) >= 11 is 0. The number of rotatable bonds is 2. The van der Waals surface area contributed by atoms with Crippen molar-refractivity contribution in [3.8, 4) is 6.07 Å². The van der Waals surface area contributed by atoms with Crippen LogP contribution in [-0.4, -0.2) is 17.5 Å². The second-order valence-corrected chi connectivity index (χ2v) is 10.1. The van der Waals surface area contributed by atoms with Crippen LogP contribution in [-0.2, 0) is 4.79 Å². The monoisotopic (exact) mass is 353 g/mol. The molecule has 140 valence electrons. The number of fused-ring (bicyclic) bond motifs is 7. The highest BCUT2D eigenvalue weighted by atomic mass is 16.3. The van der Waals surface area contributed by atoms with E-state index >= 15 is 0 Å². The highest BCUT2D eigenvalue weighted by Crippen LogP contribution is 2.79. The number of hydrogen-bond donors (Lipinski definition) is 1. The number of ketones is 1. The van der Waals surface area contributed by atoms with Crippen molar-refractivity contribution >= 4 is 5.78 Å². The molecule has 0 heterocycles. The number of carbonyl (C=O) groups excluding carboxylic acids is 1. The molecule has 0 saturated heterocycles. The van der Waals surface area contributed by atoms with Gasteiger partial charge >= 0.3 is 0 Å². The van der Waals surface area contributed by atoms with E-state index in [1.165, 1.54) is 24.8 Å². The van der Waals surface area contributed by atoms with Gasteiger partial charge in [-0.3, -0.25) is 4.79 Å². The van der Waals surface area contributed by atoms with Crippen LogP contribution in [0.2, 0.25) is 0 Å². The molecule has 5 aliphatic rings. The van der Waals surface area contributed by atoms with Gasteiger partial charge in [0.05, 0.1) is 11.5 Å². The summed E-state index contributed by atoms with van der Waals surface area (Å²) in [5, 5.41) is 20.3. The Hall–Kier alpha value is -1.14.